The van der Waals surface area contributed by atoms with Crippen LogP contribution in [0.3, 0.4) is 0 Å². The lowest BCUT2D eigenvalue weighted by molar-refractivity contribution is 0.432. The summed E-state index contributed by atoms with van der Waals surface area (Å²) in [5.74, 6) is 0.832. The largest absolute Gasteiger partial charge is 0.399 e. The first-order valence-electron chi connectivity index (χ1n) is 5.79. The van der Waals surface area contributed by atoms with Gasteiger partial charge in [-0.25, -0.2) is 0 Å². The Morgan fingerprint density at radius 3 is 2.70 bits per heavy atom. The second-order valence-electron chi connectivity index (χ2n) is 4.14. The second kappa shape index (κ2) is 5.26. The van der Waals surface area contributed by atoms with Gasteiger partial charge in [0.05, 0.1) is 10.6 Å². The fraction of sp³-hybridized carbons (Fsp3) is 0. The number of nitrogens with zero attached hydrogens (tertiary/aromatic N) is 2. The summed E-state index contributed by atoms with van der Waals surface area (Å²) in [4.78, 5) is 4.37. The molecule has 0 atom stereocenters. The van der Waals surface area contributed by atoms with Crippen LogP contribution in [0.15, 0.2) is 51.5 Å². The molecule has 3 rings (SSSR count). The fourth-order valence-corrected chi connectivity index (χ4v) is 2.45. The SMILES string of the molecule is Nc1ccc(Cl)c(-c2nc(-c3ccccc3Br)no2)c1. The Balaban J connectivity index is 2.07. The molecule has 2 aromatic carbocycles. The molecule has 0 spiro atoms. The number of benzene rings is 2. The van der Waals surface area contributed by atoms with Gasteiger partial charge in [0.25, 0.3) is 5.89 Å². The van der Waals surface area contributed by atoms with Crippen molar-refractivity contribution in [3.05, 3.63) is 52.0 Å². The Labute approximate surface area is 128 Å². The molecule has 4 nitrogen and oxygen atoms in total. The van der Waals surface area contributed by atoms with Crippen molar-refractivity contribution < 1.29 is 4.52 Å². The van der Waals surface area contributed by atoms with Crippen LogP contribution in [0.4, 0.5) is 5.69 Å². The molecule has 20 heavy (non-hydrogen) atoms. The Hall–Kier alpha value is -1.85. The second-order valence-corrected chi connectivity index (χ2v) is 5.40. The molecule has 0 aliphatic carbocycles. The smallest absolute Gasteiger partial charge is 0.259 e. The van der Waals surface area contributed by atoms with Crippen molar-refractivity contribution in [2.75, 3.05) is 5.73 Å². The van der Waals surface area contributed by atoms with E-state index in [1.165, 1.54) is 0 Å². The molecule has 0 aliphatic rings. The molecule has 0 saturated carbocycles. The molecule has 0 radical (unpaired) electrons. The third-order valence-corrected chi connectivity index (χ3v) is 3.78. The predicted octanol–water partition coefficient (Wildman–Crippen LogP) is 4.40. The van der Waals surface area contributed by atoms with Crippen molar-refractivity contribution in [3.63, 3.8) is 0 Å². The van der Waals surface area contributed by atoms with Crippen molar-refractivity contribution in [2.45, 2.75) is 0 Å². The first-order chi connectivity index (χ1) is 9.65. The van der Waals surface area contributed by atoms with E-state index in [0.717, 1.165) is 10.0 Å². The van der Waals surface area contributed by atoms with Crippen LogP contribution >= 0.6 is 27.5 Å². The highest BCUT2D eigenvalue weighted by Gasteiger charge is 2.15. The van der Waals surface area contributed by atoms with Crippen LogP contribution < -0.4 is 5.73 Å². The van der Waals surface area contributed by atoms with Crippen molar-refractivity contribution in [2.24, 2.45) is 0 Å². The van der Waals surface area contributed by atoms with E-state index in [4.69, 9.17) is 21.9 Å². The van der Waals surface area contributed by atoms with Crippen molar-refractivity contribution in [1.29, 1.82) is 0 Å². The molecule has 0 aliphatic heterocycles. The summed E-state index contributed by atoms with van der Waals surface area (Å²) in [6.45, 7) is 0. The molecular weight excluding hydrogens is 342 g/mol. The summed E-state index contributed by atoms with van der Waals surface area (Å²) in [6, 6.07) is 12.8. The average Bonchev–Trinajstić information content (AvgIpc) is 2.91. The van der Waals surface area contributed by atoms with Gasteiger partial charge in [0, 0.05) is 15.7 Å². The van der Waals surface area contributed by atoms with Crippen molar-refractivity contribution in [3.8, 4) is 22.8 Å². The van der Waals surface area contributed by atoms with E-state index < -0.39 is 0 Å². The normalized spacial score (nSPS) is 10.7. The molecule has 1 heterocycles. The van der Waals surface area contributed by atoms with E-state index >= 15 is 0 Å². The molecule has 0 fully saturated rings. The van der Waals surface area contributed by atoms with E-state index in [0.29, 0.717) is 28.0 Å². The van der Waals surface area contributed by atoms with E-state index in [1.54, 1.807) is 18.2 Å². The van der Waals surface area contributed by atoms with Gasteiger partial charge < -0.3 is 10.3 Å². The molecule has 100 valence electrons. The predicted molar refractivity (Wildman–Crippen MR) is 82.3 cm³/mol. The van der Waals surface area contributed by atoms with Gasteiger partial charge in [0.15, 0.2) is 0 Å². The van der Waals surface area contributed by atoms with E-state index in [2.05, 4.69) is 26.1 Å². The van der Waals surface area contributed by atoms with Gasteiger partial charge in [-0.2, -0.15) is 4.98 Å². The number of anilines is 1. The van der Waals surface area contributed by atoms with Gasteiger partial charge >= 0.3 is 0 Å². The van der Waals surface area contributed by atoms with Crippen LogP contribution in [-0.4, -0.2) is 10.1 Å². The highest BCUT2D eigenvalue weighted by Crippen LogP contribution is 2.31. The molecule has 6 heteroatoms. The summed E-state index contributed by atoms with van der Waals surface area (Å²) >= 11 is 9.58. The third kappa shape index (κ3) is 2.42. The van der Waals surface area contributed by atoms with Crippen LogP contribution in [0.5, 0.6) is 0 Å². The lowest BCUT2D eigenvalue weighted by Crippen LogP contribution is -1.87. The number of aromatic nitrogens is 2. The zero-order valence-corrected chi connectivity index (χ0v) is 12.5. The molecule has 0 amide bonds. The topological polar surface area (TPSA) is 64.9 Å². The quantitative estimate of drug-likeness (QED) is 0.696. The lowest BCUT2D eigenvalue weighted by atomic mass is 10.2. The van der Waals surface area contributed by atoms with E-state index in [9.17, 15) is 0 Å². The number of halogens is 2. The monoisotopic (exact) mass is 349 g/mol. The number of hydrogen-bond acceptors (Lipinski definition) is 4. The van der Waals surface area contributed by atoms with Crippen molar-refractivity contribution >= 4 is 33.2 Å². The van der Waals surface area contributed by atoms with E-state index in [1.807, 2.05) is 24.3 Å². The lowest BCUT2D eigenvalue weighted by Gasteiger charge is -1.99. The highest BCUT2D eigenvalue weighted by atomic mass is 79.9. The zero-order chi connectivity index (χ0) is 14.1. The molecular formula is C14H9BrClN3O. The molecule has 2 N–H and O–H groups in total. The summed E-state index contributed by atoms with van der Waals surface area (Å²) < 4.78 is 6.17. The summed E-state index contributed by atoms with van der Waals surface area (Å²) in [5.41, 5.74) is 7.81. The number of nitrogens with two attached hydrogens (primary N) is 1. The maximum atomic E-state index is 6.12. The Morgan fingerprint density at radius 1 is 1.10 bits per heavy atom. The van der Waals surface area contributed by atoms with Crippen LogP contribution in [0.2, 0.25) is 5.02 Å². The van der Waals surface area contributed by atoms with Gasteiger partial charge in [-0.05, 0) is 30.3 Å². The Bertz CT molecular complexity index is 773. The summed E-state index contributed by atoms with van der Waals surface area (Å²) in [5, 5.41) is 4.49. The highest BCUT2D eigenvalue weighted by molar-refractivity contribution is 9.10. The number of rotatable bonds is 2. The molecule has 3 aromatic rings. The molecule has 0 bridgehead atoms. The summed E-state index contributed by atoms with van der Waals surface area (Å²) in [7, 11) is 0. The van der Waals surface area contributed by atoms with Gasteiger partial charge in [0.2, 0.25) is 5.82 Å². The minimum Gasteiger partial charge on any atom is -0.399 e. The van der Waals surface area contributed by atoms with Crippen LogP contribution in [-0.2, 0) is 0 Å². The Kier molecular flexibility index (Phi) is 3.46. The average molecular weight is 351 g/mol. The maximum absolute atomic E-state index is 6.12. The summed E-state index contributed by atoms with van der Waals surface area (Å²) in [6.07, 6.45) is 0. The van der Waals surface area contributed by atoms with Crippen LogP contribution in [0.1, 0.15) is 0 Å². The van der Waals surface area contributed by atoms with Gasteiger partial charge in [-0.1, -0.05) is 44.8 Å². The number of hydrogen-bond donors (Lipinski definition) is 1. The Morgan fingerprint density at radius 2 is 1.90 bits per heavy atom. The fourth-order valence-electron chi connectivity index (χ4n) is 1.79. The maximum Gasteiger partial charge on any atom is 0.259 e. The van der Waals surface area contributed by atoms with Gasteiger partial charge in [-0.3, -0.25) is 0 Å². The number of nitrogen functional groups attached to an aromatic ring is 1. The minimum atomic E-state index is 0.341. The molecule has 0 unspecified atom stereocenters. The van der Waals surface area contributed by atoms with Gasteiger partial charge in [-0.15, -0.1) is 0 Å². The minimum absolute atomic E-state index is 0.341. The van der Waals surface area contributed by atoms with E-state index in [-0.39, 0.29) is 0 Å². The standard InChI is InChI=1S/C14H9BrClN3O/c15-11-4-2-1-3-9(11)13-18-14(20-19-13)10-7-8(17)5-6-12(10)16/h1-7H,17H2. The third-order valence-electron chi connectivity index (χ3n) is 2.76. The zero-order valence-electron chi connectivity index (χ0n) is 10.2. The van der Waals surface area contributed by atoms with Gasteiger partial charge in [0.1, 0.15) is 0 Å². The first-order valence-corrected chi connectivity index (χ1v) is 6.96. The van der Waals surface area contributed by atoms with Crippen LogP contribution in [0.25, 0.3) is 22.8 Å². The first kappa shape index (κ1) is 13.1. The molecule has 0 saturated heterocycles. The van der Waals surface area contributed by atoms with Crippen molar-refractivity contribution in [1.82, 2.24) is 10.1 Å². The molecule has 1 aromatic heterocycles. The van der Waals surface area contributed by atoms with Crippen LogP contribution in [0, 0.1) is 0 Å².